The molecule has 4 aromatic rings. The van der Waals surface area contributed by atoms with E-state index in [4.69, 9.17) is 9.97 Å². The van der Waals surface area contributed by atoms with Crippen molar-refractivity contribution < 1.29 is 9.50 Å². The van der Waals surface area contributed by atoms with Crippen LogP contribution in [0.3, 0.4) is 0 Å². The summed E-state index contributed by atoms with van der Waals surface area (Å²) < 4.78 is 13.3. The van der Waals surface area contributed by atoms with Gasteiger partial charge in [0.25, 0.3) is 0 Å². The van der Waals surface area contributed by atoms with Gasteiger partial charge in [-0.05, 0) is 29.2 Å². The van der Waals surface area contributed by atoms with E-state index in [-0.39, 0.29) is 24.4 Å². The Morgan fingerprint density at radius 2 is 1.73 bits per heavy atom. The molecule has 6 nitrogen and oxygen atoms in total. The Balaban J connectivity index is 1.61. The Labute approximate surface area is 192 Å². The van der Waals surface area contributed by atoms with Crippen molar-refractivity contribution >= 4 is 5.82 Å². The van der Waals surface area contributed by atoms with Gasteiger partial charge in [-0.15, -0.1) is 0 Å². The van der Waals surface area contributed by atoms with Crippen molar-refractivity contribution in [2.24, 2.45) is 0 Å². The van der Waals surface area contributed by atoms with Gasteiger partial charge in [0.2, 0.25) is 0 Å². The molecule has 2 heterocycles. The number of hydrogen-bond acceptors (Lipinski definition) is 6. The maximum absolute atomic E-state index is 13.3. The van der Waals surface area contributed by atoms with Gasteiger partial charge in [0, 0.05) is 37.5 Å². The van der Waals surface area contributed by atoms with E-state index in [0.29, 0.717) is 24.5 Å². The van der Waals surface area contributed by atoms with E-state index in [2.05, 4.69) is 22.2 Å². The highest BCUT2D eigenvalue weighted by Gasteiger charge is 2.15. The second-order valence-corrected chi connectivity index (χ2v) is 7.98. The second kappa shape index (κ2) is 10.7. The molecule has 168 valence electrons. The molecule has 2 aromatic carbocycles. The number of aliphatic hydroxyl groups excluding tert-OH is 1. The molecule has 2 aromatic heterocycles. The van der Waals surface area contributed by atoms with Gasteiger partial charge in [0.1, 0.15) is 17.5 Å². The van der Waals surface area contributed by atoms with Crippen molar-refractivity contribution in [3.63, 3.8) is 0 Å². The number of anilines is 1. The van der Waals surface area contributed by atoms with Gasteiger partial charge in [-0.2, -0.15) is 0 Å². The van der Waals surface area contributed by atoms with Crippen LogP contribution in [0.4, 0.5) is 10.2 Å². The third-order valence-electron chi connectivity index (χ3n) is 5.44. The summed E-state index contributed by atoms with van der Waals surface area (Å²) in [7, 11) is 0. The van der Waals surface area contributed by atoms with Gasteiger partial charge in [-0.25, -0.2) is 14.4 Å². The third-order valence-corrected chi connectivity index (χ3v) is 5.44. The summed E-state index contributed by atoms with van der Waals surface area (Å²) in [4.78, 5) is 18.0. The Kier molecular flexibility index (Phi) is 7.32. The molecule has 2 N–H and O–H groups in total. The number of aromatic nitrogens is 4. The SMILES string of the molecule is C[C@H](Cc1nc(Cc2cnccn2)cc(N[C@H](CO)c2ccccc2)n1)c1ccc(F)cc1. The van der Waals surface area contributed by atoms with E-state index in [1.165, 1.54) is 12.1 Å². The van der Waals surface area contributed by atoms with Crippen LogP contribution in [0.2, 0.25) is 0 Å². The number of nitrogens with zero attached hydrogens (tertiary/aromatic N) is 4. The van der Waals surface area contributed by atoms with E-state index < -0.39 is 0 Å². The summed E-state index contributed by atoms with van der Waals surface area (Å²) in [6.45, 7) is 1.99. The molecule has 0 aliphatic carbocycles. The number of hydrogen-bond donors (Lipinski definition) is 2. The molecule has 4 rings (SSSR count). The first-order valence-corrected chi connectivity index (χ1v) is 10.9. The molecule has 7 heteroatoms. The number of aliphatic hydroxyl groups is 1. The minimum absolute atomic E-state index is 0.0746. The first kappa shape index (κ1) is 22.5. The smallest absolute Gasteiger partial charge is 0.131 e. The van der Waals surface area contributed by atoms with Crippen LogP contribution in [0.15, 0.2) is 79.3 Å². The fraction of sp³-hybridized carbons (Fsp3) is 0.231. The quantitative estimate of drug-likeness (QED) is 0.397. The number of nitrogens with one attached hydrogen (secondary N) is 1. The van der Waals surface area contributed by atoms with E-state index in [1.807, 2.05) is 36.4 Å². The normalized spacial score (nSPS) is 12.8. The molecule has 0 amide bonds. The number of rotatable bonds is 9. The lowest BCUT2D eigenvalue weighted by Gasteiger charge is -2.19. The van der Waals surface area contributed by atoms with Crippen molar-refractivity contribution in [1.82, 2.24) is 19.9 Å². The Bertz CT molecular complexity index is 1160. The van der Waals surface area contributed by atoms with Gasteiger partial charge in [-0.1, -0.05) is 49.4 Å². The van der Waals surface area contributed by atoms with Crippen molar-refractivity contribution in [1.29, 1.82) is 0 Å². The monoisotopic (exact) mass is 443 g/mol. The molecule has 0 unspecified atom stereocenters. The average molecular weight is 444 g/mol. The Morgan fingerprint density at radius 1 is 0.939 bits per heavy atom. The van der Waals surface area contributed by atoms with Gasteiger partial charge in [0.05, 0.1) is 24.0 Å². The topological polar surface area (TPSA) is 83.8 Å². The fourth-order valence-corrected chi connectivity index (χ4v) is 3.70. The van der Waals surface area contributed by atoms with Crippen LogP contribution in [0.25, 0.3) is 0 Å². The molecule has 0 saturated heterocycles. The first-order valence-electron chi connectivity index (χ1n) is 10.9. The summed E-state index contributed by atoms with van der Waals surface area (Å²) in [5.74, 6) is 1.15. The van der Waals surface area contributed by atoms with Crippen molar-refractivity contribution in [2.75, 3.05) is 11.9 Å². The van der Waals surface area contributed by atoms with E-state index >= 15 is 0 Å². The van der Waals surface area contributed by atoms with Crippen LogP contribution in [0.5, 0.6) is 0 Å². The maximum Gasteiger partial charge on any atom is 0.131 e. The zero-order valence-electron chi connectivity index (χ0n) is 18.4. The molecule has 0 spiro atoms. The van der Waals surface area contributed by atoms with Gasteiger partial charge >= 0.3 is 0 Å². The lowest BCUT2D eigenvalue weighted by molar-refractivity contribution is 0.276. The van der Waals surface area contributed by atoms with Crippen LogP contribution < -0.4 is 5.32 Å². The standard InChI is InChI=1S/C26H26FN5O/c1-18(19-7-9-21(27)10-8-19)13-25-30-22(14-23-16-28-11-12-29-23)15-26(32-25)31-24(17-33)20-5-3-2-4-6-20/h2-12,15-16,18,24,33H,13-14,17H2,1H3,(H,30,31,32)/t18-,24-/m1/s1. The third kappa shape index (κ3) is 6.17. The molecular formula is C26H26FN5O. The second-order valence-electron chi connectivity index (χ2n) is 7.98. The fourth-order valence-electron chi connectivity index (χ4n) is 3.70. The van der Waals surface area contributed by atoms with Crippen molar-refractivity contribution in [2.45, 2.75) is 31.7 Å². The number of halogens is 1. The summed E-state index contributed by atoms with van der Waals surface area (Å²) in [5.41, 5.74) is 3.60. The van der Waals surface area contributed by atoms with E-state index in [0.717, 1.165) is 22.5 Å². The average Bonchev–Trinajstić information content (AvgIpc) is 2.84. The van der Waals surface area contributed by atoms with Gasteiger partial charge in [0.15, 0.2) is 0 Å². The lowest BCUT2D eigenvalue weighted by Crippen LogP contribution is -2.17. The highest BCUT2D eigenvalue weighted by Crippen LogP contribution is 2.23. The first-order chi connectivity index (χ1) is 16.1. The molecular weight excluding hydrogens is 417 g/mol. The van der Waals surface area contributed by atoms with Crippen LogP contribution >= 0.6 is 0 Å². The molecule has 2 atom stereocenters. The highest BCUT2D eigenvalue weighted by molar-refractivity contribution is 5.41. The molecule has 0 aliphatic heterocycles. The zero-order chi connectivity index (χ0) is 23.0. The maximum atomic E-state index is 13.3. The van der Waals surface area contributed by atoms with E-state index in [1.54, 1.807) is 30.7 Å². The molecule has 0 fully saturated rings. The molecule has 0 saturated carbocycles. The lowest BCUT2D eigenvalue weighted by atomic mass is 9.97. The Hall–Kier alpha value is -3.71. The van der Waals surface area contributed by atoms with Crippen LogP contribution in [0.1, 0.15) is 47.2 Å². The predicted octanol–water partition coefficient (Wildman–Crippen LogP) is 4.49. The zero-order valence-corrected chi connectivity index (χ0v) is 18.4. The highest BCUT2D eigenvalue weighted by atomic mass is 19.1. The van der Waals surface area contributed by atoms with Gasteiger partial charge < -0.3 is 10.4 Å². The Morgan fingerprint density at radius 3 is 2.42 bits per heavy atom. The van der Waals surface area contributed by atoms with Crippen molar-refractivity contribution in [3.05, 3.63) is 113 Å². The van der Waals surface area contributed by atoms with Gasteiger partial charge in [-0.3, -0.25) is 9.97 Å². The summed E-state index contributed by atoms with van der Waals surface area (Å²) in [6, 6.07) is 17.9. The van der Waals surface area contributed by atoms with Crippen LogP contribution in [-0.4, -0.2) is 31.6 Å². The number of benzene rings is 2. The molecule has 0 bridgehead atoms. The molecule has 0 aliphatic rings. The predicted molar refractivity (Wildman–Crippen MR) is 125 cm³/mol. The minimum Gasteiger partial charge on any atom is -0.394 e. The minimum atomic E-state index is -0.298. The van der Waals surface area contributed by atoms with Crippen LogP contribution in [-0.2, 0) is 12.8 Å². The largest absolute Gasteiger partial charge is 0.394 e. The summed E-state index contributed by atoms with van der Waals surface area (Å²) in [6.07, 6.45) is 6.11. The van der Waals surface area contributed by atoms with E-state index in [9.17, 15) is 9.50 Å². The molecule has 33 heavy (non-hydrogen) atoms. The summed E-state index contributed by atoms with van der Waals surface area (Å²) in [5, 5.41) is 13.3. The summed E-state index contributed by atoms with van der Waals surface area (Å²) >= 11 is 0. The van der Waals surface area contributed by atoms with Crippen LogP contribution in [0, 0.1) is 5.82 Å². The van der Waals surface area contributed by atoms with Crippen molar-refractivity contribution in [3.8, 4) is 0 Å². The molecule has 0 radical (unpaired) electrons.